The number of hydrogen-bond donors (Lipinski definition) is 2. The molecule has 7 heteroatoms. The Morgan fingerprint density at radius 3 is 2.59 bits per heavy atom. The molecule has 3 aromatic heterocycles. The van der Waals surface area contributed by atoms with Crippen molar-refractivity contribution in [2.24, 2.45) is 11.8 Å². The van der Waals surface area contributed by atoms with Gasteiger partial charge in [-0.2, -0.15) is 11.8 Å². The van der Waals surface area contributed by atoms with Crippen molar-refractivity contribution >= 4 is 22.8 Å². The number of H-pyrrole nitrogens is 1. The third kappa shape index (κ3) is 3.55. The van der Waals surface area contributed by atoms with Gasteiger partial charge >= 0.3 is 0 Å². The Bertz CT molecular complexity index is 1110. The van der Waals surface area contributed by atoms with E-state index in [1.54, 1.807) is 18.5 Å². The quantitative estimate of drug-likeness (QED) is 0.598. The Balaban J connectivity index is 1.46. The summed E-state index contributed by atoms with van der Waals surface area (Å²) in [5.74, 6) is 2.34. The number of nitrogens with zero attached hydrogens (tertiary/aromatic N) is 3. The zero-order valence-electron chi connectivity index (χ0n) is 18.9. The number of hydrogen-bond acceptors (Lipinski definition) is 5. The summed E-state index contributed by atoms with van der Waals surface area (Å²) in [7, 11) is 0. The molecule has 170 valence electrons. The van der Waals surface area contributed by atoms with E-state index < -0.39 is 5.60 Å². The number of halogens is 1. The van der Waals surface area contributed by atoms with E-state index in [0.29, 0.717) is 28.3 Å². The van der Waals surface area contributed by atoms with Crippen LogP contribution in [0.5, 0.6) is 0 Å². The minimum absolute atomic E-state index is 0.0990. The van der Waals surface area contributed by atoms with Crippen molar-refractivity contribution in [1.82, 2.24) is 19.9 Å². The van der Waals surface area contributed by atoms with Crippen LogP contribution in [0.1, 0.15) is 37.8 Å². The van der Waals surface area contributed by atoms with Gasteiger partial charge in [-0.15, -0.1) is 0 Å². The SMILES string of the molecule is Cc1cc(-c2ccnc3[nH]cc(F)c23)ncc1C1(O)[C@H](C)CN(C2CCSCC2)C[C@@H]1C. The number of rotatable bonds is 3. The molecule has 0 saturated carbocycles. The molecule has 5 rings (SSSR count). The maximum absolute atomic E-state index is 14.4. The summed E-state index contributed by atoms with van der Waals surface area (Å²) in [6, 6.07) is 4.40. The van der Waals surface area contributed by atoms with Crippen LogP contribution in [0.15, 0.2) is 30.7 Å². The van der Waals surface area contributed by atoms with E-state index >= 15 is 0 Å². The number of aromatic amines is 1. The van der Waals surface area contributed by atoms with E-state index in [4.69, 9.17) is 4.98 Å². The number of piperidine rings is 1. The molecule has 0 amide bonds. The van der Waals surface area contributed by atoms with Crippen molar-refractivity contribution in [3.63, 3.8) is 0 Å². The Kier molecular flexibility index (Phi) is 5.76. The molecule has 0 radical (unpaired) electrons. The number of aliphatic hydroxyl groups is 1. The highest BCUT2D eigenvalue weighted by Gasteiger charge is 2.47. The molecule has 0 aromatic carbocycles. The first kappa shape index (κ1) is 21.9. The van der Waals surface area contributed by atoms with Crippen molar-refractivity contribution in [3.05, 3.63) is 47.7 Å². The van der Waals surface area contributed by atoms with Gasteiger partial charge in [0.05, 0.1) is 16.7 Å². The van der Waals surface area contributed by atoms with Crippen molar-refractivity contribution in [2.75, 3.05) is 24.6 Å². The second-order valence-corrected chi connectivity index (χ2v) is 10.8. The van der Waals surface area contributed by atoms with Crippen molar-refractivity contribution in [2.45, 2.75) is 45.3 Å². The molecule has 32 heavy (non-hydrogen) atoms. The molecule has 5 heterocycles. The molecular weight excluding hydrogens is 423 g/mol. The Labute approximate surface area is 192 Å². The summed E-state index contributed by atoms with van der Waals surface area (Å²) in [5.41, 5.74) is 2.86. The summed E-state index contributed by atoms with van der Waals surface area (Å²) in [5, 5.41) is 12.4. The number of pyridine rings is 2. The van der Waals surface area contributed by atoms with E-state index in [0.717, 1.165) is 24.2 Å². The van der Waals surface area contributed by atoms with Crippen molar-refractivity contribution < 1.29 is 9.50 Å². The summed E-state index contributed by atoms with van der Waals surface area (Å²) >= 11 is 2.05. The average Bonchev–Trinajstić information content (AvgIpc) is 3.18. The van der Waals surface area contributed by atoms with Gasteiger partial charge in [0.25, 0.3) is 0 Å². The monoisotopic (exact) mass is 454 g/mol. The van der Waals surface area contributed by atoms with Crippen LogP contribution >= 0.6 is 11.8 Å². The fourth-order valence-electron chi connectivity index (χ4n) is 5.77. The lowest BCUT2D eigenvalue weighted by atomic mass is 9.69. The summed E-state index contributed by atoms with van der Waals surface area (Å²) in [6.07, 6.45) is 7.28. The van der Waals surface area contributed by atoms with Crippen LogP contribution in [0, 0.1) is 24.6 Å². The minimum Gasteiger partial charge on any atom is -0.384 e. The first-order chi connectivity index (χ1) is 15.4. The van der Waals surface area contributed by atoms with Gasteiger partial charge in [0.1, 0.15) is 5.65 Å². The van der Waals surface area contributed by atoms with E-state index in [1.165, 1.54) is 30.5 Å². The number of thioether (sulfide) groups is 1. The predicted octanol–water partition coefficient (Wildman–Crippen LogP) is 4.74. The van der Waals surface area contributed by atoms with Crippen LogP contribution in [0.3, 0.4) is 0 Å². The molecule has 2 aliphatic rings. The van der Waals surface area contributed by atoms with E-state index in [1.807, 2.05) is 13.0 Å². The molecule has 2 fully saturated rings. The number of aromatic nitrogens is 3. The second kappa shape index (κ2) is 8.43. The van der Waals surface area contributed by atoms with Gasteiger partial charge in [0.2, 0.25) is 0 Å². The maximum Gasteiger partial charge on any atom is 0.150 e. The Morgan fingerprint density at radius 1 is 1.19 bits per heavy atom. The minimum atomic E-state index is -0.928. The van der Waals surface area contributed by atoms with Gasteiger partial charge in [0, 0.05) is 60.7 Å². The lowest BCUT2D eigenvalue weighted by Gasteiger charge is -2.51. The van der Waals surface area contributed by atoms with Gasteiger partial charge in [-0.05, 0) is 49.0 Å². The van der Waals surface area contributed by atoms with Crippen LogP contribution in [0.25, 0.3) is 22.3 Å². The van der Waals surface area contributed by atoms with Crippen LogP contribution in [-0.2, 0) is 5.60 Å². The van der Waals surface area contributed by atoms with Crippen LogP contribution in [-0.4, -0.2) is 55.6 Å². The molecule has 2 aliphatic heterocycles. The molecular formula is C25H31FN4OS. The zero-order chi connectivity index (χ0) is 22.5. The molecule has 3 aromatic rings. The topological polar surface area (TPSA) is 65.0 Å². The molecule has 5 nitrogen and oxygen atoms in total. The average molecular weight is 455 g/mol. The van der Waals surface area contributed by atoms with E-state index in [2.05, 4.69) is 40.5 Å². The first-order valence-electron chi connectivity index (χ1n) is 11.5. The van der Waals surface area contributed by atoms with Crippen molar-refractivity contribution in [3.8, 4) is 11.3 Å². The normalized spacial score (nSPS) is 27.8. The Hall–Kier alpha value is -1.96. The molecule has 2 N–H and O–H groups in total. The largest absolute Gasteiger partial charge is 0.384 e. The number of aryl methyl sites for hydroxylation is 1. The van der Waals surface area contributed by atoms with Crippen LogP contribution in [0.4, 0.5) is 4.39 Å². The number of nitrogens with one attached hydrogen (secondary N) is 1. The molecule has 2 saturated heterocycles. The van der Waals surface area contributed by atoms with Gasteiger partial charge in [0.15, 0.2) is 5.82 Å². The maximum atomic E-state index is 14.4. The molecule has 0 spiro atoms. The van der Waals surface area contributed by atoms with Gasteiger partial charge < -0.3 is 10.1 Å². The highest BCUT2D eigenvalue weighted by Crippen LogP contribution is 2.44. The third-order valence-electron chi connectivity index (χ3n) is 7.57. The summed E-state index contributed by atoms with van der Waals surface area (Å²) < 4.78 is 14.4. The second-order valence-electron chi connectivity index (χ2n) is 9.53. The highest BCUT2D eigenvalue weighted by atomic mass is 32.2. The standard InChI is InChI=1S/C25H31FN4OS/c1-15-10-22(19-4-7-27-24-23(19)21(26)12-29-24)28-11-20(15)25(31)16(2)13-30(14-17(25)3)18-5-8-32-9-6-18/h4,7,10-12,16-18,31H,5-6,8-9,13-14H2,1-3H3,(H,27,29)/t16-,17+,25?. The summed E-state index contributed by atoms with van der Waals surface area (Å²) in [6.45, 7) is 8.15. The van der Waals surface area contributed by atoms with Gasteiger partial charge in [-0.25, -0.2) is 9.37 Å². The zero-order valence-corrected chi connectivity index (χ0v) is 19.8. The lowest BCUT2D eigenvalue weighted by molar-refractivity contribution is -0.121. The molecule has 1 unspecified atom stereocenters. The fourth-order valence-corrected chi connectivity index (χ4v) is 6.86. The lowest BCUT2D eigenvalue weighted by Crippen LogP contribution is -2.57. The van der Waals surface area contributed by atoms with E-state index in [9.17, 15) is 9.50 Å². The first-order valence-corrected chi connectivity index (χ1v) is 12.7. The molecule has 0 bridgehead atoms. The number of fused-ring (bicyclic) bond motifs is 1. The van der Waals surface area contributed by atoms with Gasteiger partial charge in [-0.1, -0.05) is 13.8 Å². The Morgan fingerprint density at radius 2 is 1.91 bits per heavy atom. The predicted molar refractivity (Wildman–Crippen MR) is 128 cm³/mol. The summed E-state index contributed by atoms with van der Waals surface area (Å²) in [4.78, 5) is 14.4. The smallest absolute Gasteiger partial charge is 0.150 e. The molecule has 3 atom stereocenters. The highest BCUT2D eigenvalue weighted by molar-refractivity contribution is 7.99. The van der Waals surface area contributed by atoms with Crippen LogP contribution in [0.2, 0.25) is 0 Å². The van der Waals surface area contributed by atoms with Crippen molar-refractivity contribution in [1.29, 1.82) is 0 Å². The number of likely N-dealkylation sites (tertiary alicyclic amines) is 1. The third-order valence-corrected chi connectivity index (χ3v) is 8.62. The van der Waals surface area contributed by atoms with Gasteiger partial charge in [-0.3, -0.25) is 9.88 Å². The van der Waals surface area contributed by atoms with E-state index in [-0.39, 0.29) is 17.7 Å². The fraction of sp³-hybridized carbons (Fsp3) is 0.520. The molecule has 0 aliphatic carbocycles. The van der Waals surface area contributed by atoms with Crippen LogP contribution < -0.4 is 0 Å².